The molecular formula is C22H26N2O6S. The van der Waals surface area contributed by atoms with Crippen molar-refractivity contribution in [1.29, 1.82) is 0 Å². The molecule has 1 N–H and O–H groups in total. The zero-order valence-electron chi connectivity index (χ0n) is 17.4. The van der Waals surface area contributed by atoms with Crippen molar-refractivity contribution in [3.05, 3.63) is 54.1 Å². The Bertz CT molecular complexity index is 1020. The number of rotatable bonds is 11. The van der Waals surface area contributed by atoms with Crippen LogP contribution in [-0.4, -0.2) is 47.1 Å². The Hall–Kier alpha value is -3.07. The molecule has 2 aromatic rings. The molecule has 2 aromatic carbocycles. The number of carbonyl (C=O) groups is 1. The van der Waals surface area contributed by atoms with Crippen LogP contribution in [0, 0.1) is 0 Å². The molecule has 0 saturated heterocycles. The number of benzene rings is 2. The van der Waals surface area contributed by atoms with E-state index in [1.165, 1.54) is 0 Å². The number of unbranched alkanes of at least 4 members (excludes halogenated alkanes) is 2. The minimum absolute atomic E-state index is 0.193. The van der Waals surface area contributed by atoms with Crippen LogP contribution in [0.2, 0.25) is 0 Å². The van der Waals surface area contributed by atoms with Gasteiger partial charge in [0.25, 0.3) is 10.0 Å². The van der Waals surface area contributed by atoms with Gasteiger partial charge in [-0.2, -0.15) is 0 Å². The molecule has 0 aliphatic carbocycles. The van der Waals surface area contributed by atoms with Crippen LogP contribution < -0.4 is 14.2 Å². The lowest BCUT2D eigenvalue weighted by Crippen LogP contribution is -2.22. The highest BCUT2D eigenvalue weighted by Crippen LogP contribution is 2.22. The lowest BCUT2D eigenvalue weighted by molar-refractivity contribution is -0.144. The molecule has 31 heavy (non-hydrogen) atoms. The molecular weight excluding hydrogens is 420 g/mol. The van der Waals surface area contributed by atoms with Crippen molar-refractivity contribution in [3.8, 4) is 11.5 Å². The average Bonchev–Trinajstić information content (AvgIpc) is 3.04. The van der Waals surface area contributed by atoms with Gasteiger partial charge in [0.05, 0.1) is 12.0 Å². The SMILES string of the molecule is COc1ccc(OCCOC(=O)CCCCCN=C2NS(=O)(=O)c3ccccc32)cc1. The van der Waals surface area contributed by atoms with Gasteiger partial charge in [0, 0.05) is 18.5 Å². The van der Waals surface area contributed by atoms with E-state index >= 15 is 0 Å². The van der Waals surface area contributed by atoms with E-state index in [2.05, 4.69) is 9.71 Å². The van der Waals surface area contributed by atoms with Crippen molar-refractivity contribution in [1.82, 2.24) is 4.72 Å². The number of amidine groups is 1. The summed E-state index contributed by atoms with van der Waals surface area (Å²) in [6.07, 6.45) is 2.56. The standard InChI is InChI=1S/C22H26N2O6S/c1-28-17-10-12-18(13-11-17)29-15-16-30-21(25)9-3-2-6-14-23-22-19-7-4-5-8-20(19)31(26,27)24-22/h4-5,7-8,10-13H,2-3,6,9,14-16H2,1H3,(H,23,24). The first kappa shape index (κ1) is 22.6. The van der Waals surface area contributed by atoms with E-state index < -0.39 is 10.0 Å². The molecule has 0 bridgehead atoms. The third-order valence-electron chi connectivity index (χ3n) is 4.65. The van der Waals surface area contributed by atoms with Crippen LogP contribution in [0.15, 0.2) is 58.4 Å². The zero-order valence-corrected chi connectivity index (χ0v) is 18.2. The molecule has 0 saturated carbocycles. The third-order valence-corrected chi connectivity index (χ3v) is 6.04. The van der Waals surface area contributed by atoms with Crippen molar-refractivity contribution in [2.24, 2.45) is 4.99 Å². The molecule has 3 rings (SSSR count). The molecule has 0 aromatic heterocycles. The molecule has 0 atom stereocenters. The van der Waals surface area contributed by atoms with E-state index in [4.69, 9.17) is 14.2 Å². The van der Waals surface area contributed by atoms with Crippen LogP contribution in [0.25, 0.3) is 0 Å². The van der Waals surface area contributed by atoms with E-state index in [0.717, 1.165) is 18.6 Å². The number of esters is 1. The third kappa shape index (κ3) is 6.45. The second-order valence-corrected chi connectivity index (χ2v) is 8.54. The van der Waals surface area contributed by atoms with Crippen LogP contribution in [0.3, 0.4) is 0 Å². The Morgan fingerprint density at radius 2 is 1.71 bits per heavy atom. The maximum Gasteiger partial charge on any atom is 0.305 e. The zero-order chi connectivity index (χ0) is 22.1. The van der Waals surface area contributed by atoms with Crippen molar-refractivity contribution in [2.45, 2.75) is 30.6 Å². The summed E-state index contributed by atoms with van der Waals surface area (Å²) in [6.45, 7) is 0.960. The molecule has 0 spiro atoms. The summed E-state index contributed by atoms with van der Waals surface area (Å²) in [5.41, 5.74) is 0.600. The van der Waals surface area contributed by atoms with Gasteiger partial charge in [0.2, 0.25) is 0 Å². The normalized spacial score (nSPS) is 15.2. The Morgan fingerprint density at radius 3 is 2.48 bits per heavy atom. The fourth-order valence-electron chi connectivity index (χ4n) is 3.06. The molecule has 8 nitrogen and oxygen atoms in total. The average molecular weight is 447 g/mol. The number of aliphatic imine (C=N–C) groups is 1. The molecule has 1 heterocycles. The fourth-order valence-corrected chi connectivity index (χ4v) is 4.31. The number of fused-ring (bicyclic) bond motifs is 1. The number of hydrogen-bond donors (Lipinski definition) is 1. The first-order valence-corrected chi connectivity index (χ1v) is 11.6. The van der Waals surface area contributed by atoms with Gasteiger partial charge in [-0.15, -0.1) is 0 Å². The highest BCUT2D eigenvalue weighted by Gasteiger charge is 2.29. The molecule has 9 heteroatoms. The fraction of sp³-hybridized carbons (Fsp3) is 0.364. The number of nitrogens with zero attached hydrogens (tertiary/aromatic N) is 1. The van der Waals surface area contributed by atoms with E-state index in [1.807, 2.05) is 0 Å². The summed E-state index contributed by atoms with van der Waals surface area (Å²) >= 11 is 0. The van der Waals surface area contributed by atoms with Gasteiger partial charge in [0.15, 0.2) is 0 Å². The first-order valence-electron chi connectivity index (χ1n) is 10.1. The van der Waals surface area contributed by atoms with E-state index in [9.17, 15) is 13.2 Å². The van der Waals surface area contributed by atoms with E-state index in [0.29, 0.717) is 36.5 Å². The number of hydrogen-bond acceptors (Lipinski definition) is 7. The molecule has 0 radical (unpaired) electrons. The summed E-state index contributed by atoms with van der Waals surface area (Å²) in [7, 11) is -1.90. The lowest BCUT2D eigenvalue weighted by Gasteiger charge is -2.08. The molecule has 166 valence electrons. The highest BCUT2D eigenvalue weighted by atomic mass is 32.2. The lowest BCUT2D eigenvalue weighted by atomic mass is 10.2. The molecule has 0 amide bonds. The monoisotopic (exact) mass is 446 g/mol. The highest BCUT2D eigenvalue weighted by molar-refractivity contribution is 7.90. The summed E-state index contributed by atoms with van der Waals surface area (Å²) in [5.74, 6) is 1.55. The molecule has 0 unspecified atom stereocenters. The first-order chi connectivity index (χ1) is 15.0. The van der Waals surface area contributed by atoms with E-state index in [-0.39, 0.29) is 24.1 Å². The van der Waals surface area contributed by atoms with Gasteiger partial charge in [-0.05, 0) is 49.2 Å². The van der Waals surface area contributed by atoms with Crippen molar-refractivity contribution in [2.75, 3.05) is 26.9 Å². The molecule has 0 fully saturated rings. The Morgan fingerprint density at radius 1 is 0.968 bits per heavy atom. The largest absolute Gasteiger partial charge is 0.497 e. The topological polar surface area (TPSA) is 103 Å². The van der Waals surface area contributed by atoms with Gasteiger partial charge >= 0.3 is 5.97 Å². The van der Waals surface area contributed by atoms with Crippen LogP contribution >= 0.6 is 0 Å². The number of ether oxygens (including phenoxy) is 3. The second kappa shape index (κ2) is 10.8. The molecule has 1 aliphatic rings. The quantitative estimate of drug-likeness (QED) is 0.421. The number of sulfonamides is 1. The van der Waals surface area contributed by atoms with Crippen molar-refractivity contribution < 1.29 is 27.4 Å². The maximum absolute atomic E-state index is 12.0. The predicted octanol–water partition coefficient (Wildman–Crippen LogP) is 2.92. The van der Waals surface area contributed by atoms with Gasteiger partial charge in [0.1, 0.15) is 30.5 Å². The van der Waals surface area contributed by atoms with Crippen molar-refractivity contribution in [3.63, 3.8) is 0 Å². The summed E-state index contributed by atoms with van der Waals surface area (Å²) in [4.78, 5) is 16.4. The van der Waals surface area contributed by atoms with Gasteiger partial charge in [-0.1, -0.05) is 18.6 Å². The van der Waals surface area contributed by atoms with Crippen LogP contribution in [0.1, 0.15) is 31.2 Å². The minimum Gasteiger partial charge on any atom is -0.497 e. The number of carbonyl (C=O) groups excluding carboxylic acids is 1. The Labute approximate surface area is 182 Å². The molecule has 1 aliphatic heterocycles. The number of methoxy groups -OCH3 is 1. The van der Waals surface area contributed by atoms with Gasteiger partial charge in [-0.25, -0.2) is 8.42 Å². The van der Waals surface area contributed by atoms with Crippen LogP contribution in [-0.2, 0) is 19.6 Å². The minimum atomic E-state index is -3.50. The van der Waals surface area contributed by atoms with Crippen molar-refractivity contribution >= 4 is 21.8 Å². The maximum atomic E-state index is 12.0. The van der Waals surface area contributed by atoms with Gasteiger partial charge < -0.3 is 14.2 Å². The summed E-state index contributed by atoms with van der Waals surface area (Å²) in [5, 5.41) is 0. The second-order valence-electron chi connectivity index (χ2n) is 6.89. The van der Waals surface area contributed by atoms with Gasteiger partial charge in [-0.3, -0.25) is 14.5 Å². The summed E-state index contributed by atoms with van der Waals surface area (Å²) in [6, 6.07) is 13.9. The van der Waals surface area contributed by atoms with E-state index in [1.54, 1.807) is 55.6 Å². The number of nitrogens with one attached hydrogen (secondary N) is 1. The van der Waals surface area contributed by atoms with Crippen LogP contribution in [0.4, 0.5) is 0 Å². The Kier molecular flexibility index (Phi) is 7.88. The summed E-state index contributed by atoms with van der Waals surface area (Å²) < 4.78 is 42.3. The smallest absolute Gasteiger partial charge is 0.305 e. The predicted molar refractivity (Wildman–Crippen MR) is 116 cm³/mol. The Balaban J connectivity index is 1.27. The van der Waals surface area contributed by atoms with Crippen LogP contribution in [0.5, 0.6) is 11.5 Å².